The number of hydrogen-bond donors (Lipinski definition) is 0. The molecule has 0 unspecified atom stereocenters. The summed E-state index contributed by atoms with van der Waals surface area (Å²) in [5.41, 5.74) is 14.2. The molecule has 0 spiro atoms. The fourth-order valence-electron chi connectivity index (χ4n) is 9.44. The zero-order chi connectivity index (χ0) is 43.7. The summed E-state index contributed by atoms with van der Waals surface area (Å²) in [6.07, 6.45) is 0. The Kier molecular flexibility index (Phi) is 9.64. The van der Waals surface area contributed by atoms with Crippen LogP contribution in [0.2, 0.25) is 0 Å². The maximum absolute atomic E-state index is 6.84. The fourth-order valence-corrected chi connectivity index (χ4v) is 11.1. The maximum Gasteiger partial charge on any atom is 0.0668 e. The molecule has 0 aliphatic carbocycles. The largest absolute Gasteiger partial charge is 0.0668 e. The Bertz CT molecular complexity index is 3310. The Hall–Kier alpha value is -6.85. The maximum atomic E-state index is 6.84. The number of fused-ring (bicyclic) bond motifs is 5. The van der Waals surface area contributed by atoms with Gasteiger partial charge in [0.15, 0.2) is 0 Å². The van der Waals surface area contributed by atoms with Crippen molar-refractivity contribution in [2.75, 3.05) is 16.5 Å². The minimum Gasteiger partial charge on any atom is -0.0622 e. The predicted octanol–water partition coefficient (Wildman–Crippen LogP) is 15.4. The van der Waals surface area contributed by atoms with Gasteiger partial charge < -0.3 is 4.90 Å². The molecule has 3 aromatic heterocycles. The molecule has 4 heterocycles. The van der Waals surface area contributed by atoms with Gasteiger partial charge in [-0.05, 0) is 46.4 Å². The van der Waals surface area contributed by atoms with E-state index in [2.05, 4.69) is 237 Å². The topological polar surface area (TPSA) is 33.5 Å². The van der Waals surface area contributed by atoms with Crippen LogP contribution in [-0.2, 0) is 10.8 Å². The van der Waals surface area contributed by atoms with Gasteiger partial charge in [-0.3, -0.25) is 0 Å². The van der Waals surface area contributed by atoms with E-state index in [-0.39, 0.29) is 25.3 Å². The molecule has 64 heavy (non-hydrogen) atoms. The average molecular weight is 898 g/mol. The van der Waals surface area contributed by atoms with Crippen LogP contribution in [0, 0.1) is 0 Å². The number of benzene rings is 7. The molecular weight excluding hydrogens is 848 g/mol. The van der Waals surface area contributed by atoms with Crippen LogP contribution in [-0.4, -0.2) is 30.7 Å². The van der Waals surface area contributed by atoms with E-state index >= 15 is 0 Å². The normalized spacial score (nSPS) is 13.0. The third-order valence-electron chi connectivity index (χ3n) is 12.6. The first-order valence-corrected chi connectivity index (χ1v) is 24.0. The Morgan fingerprint density at radius 2 is 1.14 bits per heavy atom. The van der Waals surface area contributed by atoms with Crippen LogP contribution < -0.4 is 14.5 Å². The van der Waals surface area contributed by atoms with Crippen LogP contribution >= 0.6 is 0 Å². The van der Waals surface area contributed by atoms with E-state index < -0.39 is 0 Å². The molecule has 0 amide bonds. The molecule has 0 radical (unpaired) electrons. The molecule has 0 bridgehead atoms. The van der Waals surface area contributed by atoms with Crippen molar-refractivity contribution in [3.05, 3.63) is 192 Å². The Morgan fingerprint density at radius 1 is 0.516 bits per heavy atom. The van der Waals surface area contributed by atoms with Crippen molar-refractivity contribution in [1.29, 1.82) is 0 Å². The number of para-hydroxylation sites is 3. The fraction of sp³-hybridized carbons (Fsp3) is 0.155. The molecule has 10 aromatic rings. The molecule has 314 valence electrons. The molecule has 0 saturated heterocycles. The quantitative estimate of drug-likeness (QED) is 0.149. The summed E-state index contributed by atoms with van der Waals surface area (Å²) in [5.74, 6) is 2.51. The minimum absolute atomic E-state index is 0.0251. The summed E-state index contributed by atoms with van der Waals surface area (Å²) >= 11 is 0.210. The molecule has 5 nitrogen and oxygen atoms in total. The number of pyridine rings is 1. The standard InChI is InChI=1S/C58H50N4OSe/c1-57(2,3)40-32-47(38-18-9-7-10-19-38)55(48(33-40)39-20-11-8-12-21-39)61-37-60(51-26-15-16-27-52(51)61)41-22-17-23-42(34-41)63-43-28-29-45-44-24-13-14-25-50(44)62(53(45)35-43)54-36-49(58(4,5)6)46-30-31-64-56(46)59-54/h7-36H,37H2,1-6H3. The van der Waals surface area contributed by atoms with Gasteiger partial charge >= 0.3 is 204 Å². The van der Waals surface area contributed by atoms with E-state index in [0.29, 0.717) is 6.67 Å². The van der Waals surface area contributed by atoms with E-state index in [1.807, 2.05) is 0 Å². The number of rotatable bonds is 7. The van der Waals surface area contributed by atoms with E-state index in [4.69, 9.17) is 9.72 Å². The third-order valence-corrected chi connectivity index (χ3v) is 14.3. The predicted molar refractivity (Wildman–Crippen MR) is 270 cm³/mol. The molecule has 0 N–H and O–H groups in total. The van der Waals surface area contributed by atoms with Crippen molar-refractivity contribution in [1.82, 2.24) is 9.55 Å². The van der Waals surface area contributed by atoms with E-state index in [1.54, 1.807) is 0 Å². The number of aromatic nitrogens is 2. The SMILES string of the molecule is CC(C)(C)c1cc(-c2ccccc2)c(N2CN(c3cccc(Oc4ccc5c6ccccc6n(-c6cc(C(C)(C)C)c7cc[se]c7n6)c5c4)c3)c3ccccc32)c(-c2ccccc2)c1. The smallest absolute Gasteiger partial charge is 0.0622 e. The zero-order valence-corrected chi connectivity index (χ0v) is 38.8. The van der Waals surface area contributed by atoms with Gasteiger partial charge in [0.1, 0.15) is 6.67 Å². The number of ether oxygens (including phenoxy) is 1. The number of hydrogen-bond acceptors (Lipinski definition) is 4. The Balaban J connectivity index is 0.998. The summed E-state index contributed by atoms with van der Waals surface area (Å²) in [4.78, 5) is 12.5. The van der Waals surface area contributed by atoms with E-state index in [9.17, 15) is 0 Å². The molecule has 0 saturated carbocycles. The van der Waals surface area contributed by atoms with Crippen LogP contribution in [0.4, 0.5) is 22.7 Å². The van der Waals surface area contributed by atoms with Gasteiger partial charge in [-0.25, -0.2) is 0 Å². The van der Waals surface area contributed by atoms with Crippen molar-refractivity contribution in [2.24, 2.45) is 0 Å². The van der Waals surface area contributed by atoms with Crippen molar-refractivity contribution < 1.29 is 4.74 Å². The first-order chi connectivity index (χ1) is 31.0. The van der Waals surface area contributed by atoms with E-state index in [1.165, 1.54) is 59.6 Å². The second kappa shape index (κ2) is 15.4. The van der Waals surface area contributed by atoms with Gasteiger partial charge in [0.25, 0.3) is 0 Å². The zero-order valence-electron chi connectivity index (χ0n) is 37.1. The van der Waals surface area contributed by atoms with Gasteiger partial charge in [0.2, 0.25) is 0 Å². The molecule has 6 heteroatoms. The number of anilines is 4. The molecule has 7 aromatic carbocycles. The first kappa shape index (κ1) is 40.0. The summed E-state index contributed by atoms with van der Waals surface area (Å²) in [5, 5.41) is 3.66. The average Bonchev–Trinajstić information content (AvgIpc) is 4.03. The molecule has 1 aliphatic rings. The Morgan fingerprint density at radius 3 is 1.83 bits per heavy atom. The molecule has 0 atom stereocenters. The van der Waals surface area contributed by atoms with Gasteiger partial charge in [-0.1, -0.05) is 93.6 Å². The van der Waals surface area contributed by atoms with Gasteiger partial charge in [0, 0.05) is 11.1 Å². The molecular formula is C58H50N4OSe. The van der Waals surface area contributed by atoms with Crippen LogP contribution in [0.5, 0.6) is 11.5 Å². The van der Waals surface area contributed by atoms with Crippen LogP contribution in [0.1, 0.15) is 52.7 Å². The van der Waals surface area contributed by atoms with Gasteiger partial charge in [-0.2, -0.15) is 0 Å². The van der Waals surface area contributed by atoms with Gasteiger partial charge in [-0.15, -0.1) is 0 Å². The summed E-state index contributed by atoms with van der Waals surface area (Å²) in [6, 6.07) is 63.5. The van der Waals surface area contributed by atoms with Crippen molar-refractivity contribution in [3.8, 4) is 39.6 Å². The van der Waals surface area contributed by atoms with Crippen molar-refractivity contribution >= 4 is 68.8 Å². The molecule has 0 fully saturated rings. The van der Waals surface area contributed by atoms with Crippen molar-refractivity contribution in [3.63, 3.8) is 0 Å². The minimum atomic E-state index is -0.0470. The monoisotopic (exact) mass is 898 g/mol. The second-order valence-corrected chi connectivity index (χ2v) is 20.8. The first-order valence-electron chi connectivity index (χ1n) is 22.1. The third kappa shape index (κ3) is 6.99. The summed E-state index contributed by atoms with van der Waals surface area (Å²) in [6.45, 7) is 14.4. The molecule has 11 rings (SSSR count). The molecule has 1 aliphatic heterocycles. The summed E-state index contributed by atoms with van der Waals surface area (Å²) in [7, 11) is 0. The van der Waals surface area contributed by atoms with Gasteiger partial charge in [0.05, 0.1) is 17.1 Å². The van der Waals surface area contributed by atoms with Crippen LogP contribution in [0.3, 0.4) is 0 Å². The van der Waals surface area contributed by atoms with Crippen LogP contribution in [0.25, 0.3) is 59.7 Å². The Labute approximate surface area is 381 Å². The van der Waals surface area contributed by atoms with Crippen molar-refractivity contribution in [2.45, 2.75) is 52.4 Å². The number of nitrogens with zero attached hydrogens (tertiary/aromatic N) is 4. The second-order valence-electron chi connectivity index (χ2n) is 18.9. The summed E-state index contributed by atoms with van der Waals surface area (Å²) < 4.78 is 10.4. The van der Waals surface area contributed by atoms with E-state index in [0.717, 1.165) is 45.4 Å². The van der Waals surface area contributed by atoms with Crippen LogP contribution in [0.15, 0.2) is 181 Å².